The molecule has 0 N–H and O–H groups in total. The van der Waals surface area contributed by atoms with Crippen molar-refractivity contribution < 1.29 is 0 Å². The first-order chi connectivity index (χ1) is 8.78. The van der Waals surface area contributed by atoms with Crippen LogP contribution in [0.1, 0.15) is 22.7 Å². The lowest BCUT2D eigenvalue weighted by Crippen LogP contribution is -1.87. The largest absolute Gasteiger partial charge is 0.245 e. The van der Waals surface area contributed by atoms with Crippen LogP contribution in [-0.4, -0.2) is 10.9 Å². The zero-order valence-corrected chi connectivity index (χ0v) is 12.7. The van der Waals surface area contributed by atoms with Crippen molar-refractivity contribution in [3.05, 3.63) is 45.9 Å². The van der Waals surface area contributed by atoms with Gasteiger partial charge in [-0.3, -0.25) is 0 Å². The predicted molar refractivity (Wildman–Crippen MR) is 81.9 cm³/mol. The lowest BCUT2D eigenvalue weighted by molar-refractivity contribution is 0.893. The highest BCUT2D eigenvalue weighted by Crippen LogP contribution is 2.25. The number of aryl methyl sites for hydroxylation is 2. The van der Waals surface area contributed by atoms with Gasteiger partial charge in [0.15, 0.2) is 0 Å². The number of hydrogen-bond acceptors (Lipinski definition) is 3. The van der Waals surface area contributed by atoms with Gasteiger partial charge in [0.1, 0.15) is 5.01 Å². The second-order valence-electron chi connectivity index (χ2n) is 4.13. The van der Waals surface area contributed by atoms with Crippen LogP contribution in [0.5, 0.6) is 0 Å². The fourth-order valence-electron chi connectivity index (χ4n) is 1.63. The second kappa shape index (κ2) is 7.17. The van der Waals surface area contributed by atoms with Crippen molar-refractivity contribution in [1.82, 2.24) is 4.98 Å². The molecular formula is C14H16ClNS2. The van der Waals surface area contributed by atoms with E-state index in [1.54, 1.807) is 11.3 Å². The number of benzene rings is 1. The van der Waals surface area contributed by atoms with Gasteiger partial charge in [-0.1, -0.05) is 17.7 Å². The van der Waals surface area contributed by atoms with Crippen LogP contribution in [0.4, 0.5) is 0 Å². The number of nitrogens with zero attached hydrogens (tertiary/aromatic N) is 1. The van der Waals surface area contributed by atoms with Crippen LogP contribution >= 0.6 is 34.7 Å². The summed E-state index contributed by atoms with van der Waals surface area (Å²) in [7, 11) is 0. The van der Waals surface area contributed by atoms with E-state index in [4.69, 9.17) is 11.6 Å². The van der Waals surface area contributed by atoms with Crippen LogP contribution < -0.4 is 0 Å². The number of thiazole rings is 1. The number of rotatable bonds is 6. The first-order valence-electron chi connectivity index (χ1n) is 5.96. The highest BCUT2D eigenvalue weighted by molar-refractivity contribution is 7.98. The quantitative estimate of drug-likeness (QED) is 0.555. The molecule has 96 valence electrons. The van der Waals surface area contributed by atoms with Gasteiger partial charge in [0.2, 0.25) is 0 Å². The third kappa shape index (κ3) is 4.30. The minimum atomic E-state index is 0.713. The lowest BCUT2D eigenvalue weighted by Gasteiger charge is -2.00. The second-order valence-corrected chi connectivity index (χ2v) is 6.50. The summed E-state index contributed by atoms with van der Waals surface area (Å²) in [5, 5.41) is 3.35. The van der Waals surface area contributed by atoms with Gasteiger partial charge in [-0.15, -0.1) is 34.7 Å². The normalized spacial score (nSPS) is 10.8. The van der Waals surface area contributed by atoms with Gasteiger partial charge in [0.05, 0.1) is 11.4 Å². The fraction of sp³-hybridized carbons (Fsp3) is 0.357. The number of halogens is 1. The predicted octanol–water partition coefficient (Wildman–Crippen LogP) is 4.92. The highest BCUT2D eigenvalue weighted by atomic mass is 35.5. The third-order valence-corrected chi connectivity index (χ3v) is 4.87. The summed E-state index contributed by atoms with van der Waals surface area (Å²) in [4.78, 5) is 5.94. The number of hydrogen-bond donors (Lipinski definition) is 0. The number of thioether (sulfide) groups is 1. The molecule has 0 amide bonds. The Hall–Kier alpha value is -0.510. The summed E-state index contributed by atoms with van der Waals surface area (Å²) < 4.78 is 0. The van der Waals surface area contributed by atoms with Crippen molar-refractivity contribution in [2.45, 2.75) is 30.4 Å². The van der Waals surface area contributed by atoms with E-state index in [-0.39, 0.29) is 0 Å². The summed E-state index contributed by atoms with van der Waals surface area (Å²) >= 11 is 9.28. The maximum Gasteiger partial charge on any atom is 0.103 e. The van der Waals surface area contributed by atoms with Crippen LogP contribution in [0, 0.1) is 6.92 Å². The van der Waals surface area contributed by atoms with Gasteiger partial charge in [-0.2, -0.15) is 0 Å². The fourth-order valence-corrected chi connectivity index (χ4v) is 3.62. The van der Waals surface area contributed by atoms with Gasteiger partial charge in [0.25, 0.3) is 0 Å². The number of alkyl halides is 1. The summed E-state index contributed by atoms with van der Waals surface area (Å²) in [6.07, 6.45) is 2.00. The van der Waals surface area contributed by atoms with Crippen LogP contribution in [0.25, 0.3) is 0 Å². The Morgan fingerprint density at radius 1 is 1.39 bits per heavy atom. The molecule has 1 nitrogen and oxygen atoms in total. The van der Waals surface area contributed by atoms with Crippen molar-refractivity contribution in [3.63, 3.8) is 0 Å². The van der Waals surface area contributed by atoms with Crippen molar-refractivity contribution in [2.75, 3.05) is 5.88 Å². The molecule has 2 rings (SSSR count). The Kier molecular flexibility index (Phi) is 5.54. The Labute approximate surface area is 122 Å². The summed E-state index contributed by atoms with van der Waals surface area (Å²) in [5.41, 5.74) is 2.49. The molecule has 0 aliphatic carbocycles. The van der Waals surface area contributed by atoms with Crippen LogP contribution in [-0.2, 0) is 12.2 Å². The molecule has 0 aliphatic heterocycles. The average Bonchev–Trinajstić information content (AvgIpc) is 2.82. The molecule has 0 saturated heterocycles. The molecule has 0 bridgehead atoms. The lowest BCUT2D eigenvalue weighted by atomic mass is 10.2. The van der Waals surface area contributed by atoms with E-state index in [0.29, 0.717) is 5.88 Å². The number of aromatic nitrogens is 1. The van der Waals surface area contributed by atoms with E-state index in [1.807, 2.05) is 11.8 Å². The topological polar surface area (TPSA) is 12.9 Å². The summed E-state index contributed by atoms with van der Waals surface area (Å²) in [5.74, 6) is 1.67. The molecule has 0 saturated carbocycles. The zero-order valence-electron chi connectivity index (χ0n) is 10.4. The maximum absolute atomic E-state index is 5.69. The smallest absolute Gasteiger partial charge is 0.103 e. The molecule has 4 heteroatoms. The first kappa shape index (κ1) is 13.9. The third-order valence-electron chi connectivity index (χ3n) is 2.52. The van der Waals surface area contributed by atoms with Gasteiger partial charge in [0, 0.05) is 16.2 Å². The van der Waals surface area contributed by atoms with E-state index in [1.165, 1.54) is 21.2 Å². The molecule has 0 radical (unpaired) electrons. The van der Waals surface area contributed by atoms with E-state index < -0.39 is 0 Å². The summed E-state index contributed by atoms with van der Waals surface area (Å²) in [6.45, 7) is 2.12. The minimum Gasteiger partial charge on any atom is -0.245 e. The van der Waals surface area contributed by atoms with Gasteiger partial charge < -0.3 is 0 Å². The van der Waals surface area contributed by atoms with Gasteiger partial charge in [-0.05, 0) is 31.9 Å². The molecule has 1 heterocycles. The minimum absolute atomic E-state index is 0.713. The molecule has 0 spiro atoms. The Morgan fingerprint density at radius 3 is 3.06 bits per heavy atom. The Balaban J connectivity index is 1.88. The molecule has 18 heavy (non-hydrogen) atoms. The van der Waals surface area contributed by atoms with Crippen LogP contribution in [0.3, 0.4) is 0 Å². The standard InChI is InChI=1S/C14H16ClNS2/c1-11-4-2-6-13(8-11)17-10-14-16-12(9-18-14)5-3-7-15/h2,4,6,8-9H,3,5,7,10H2,1H3. The summed E-state index contributed by atoms with van der Waals surface area (Å²) in [6, 6.07) is 8.59. The Bertz CT molecular complexity index is 496. The van der Waals surface area contributed by atoms with Crippen molar-refractivity contribution in [3.8, 4) is 0 Å². The molecule has 0 aliphatic rings. The van der Waals surface area contributed by atoms with Gasteiger partial charge >= 0.3 is 0 Å². The molecule has 0 atom stereocenters. The van der Waals surface area contributed by atoms with E-state index >= 15 is 0 Å². The van der Waals surface area contributed by atoms with E-state index in [9.17, 15) is 0 Å². The highest BCUT2D eigenvalue weighted by Gasteiger charge is 2.03. The van der Waals surface area contributed by atoms with E-state index in [0.717, 1.165) is 18.6 Å². The Morgan fingerprint density at radius 2 is 2.28 bits per heavy atom. The van der Waals surface area contributed by atoms with Gasteiger partial charge in [-0.25, -0.2) is 4.98 Å². The molecule has 1 aromatic carbocycles. The van der Waals surface area contributed by atoms with Crippen molar-refractivity contribution in [2.24, 2.45) is 0 Å². The van der Waals surface area contributed by atoms with E-state index in [2.05, 4.69) is 41.6 Å². The van der Waals surface area contributed by atoms with Crippen molar-refractivity contribution >= 4 is 34.7 Å². The molecule has 0 fully saturated rings. The maximum atomic E-state index is 5.69. The molecule has 1 aromatic heterocycles. The van der Waals surface area contributed by atoms with Crippen molar-refractivity contribution in [1.29, 1.82) is 0 Å². The first-order valence-corrected chi connectivity index (χ1v) is 8.36. The molecule has 2 aromatic rings. The van der Waals surface area contributed by atoms with Crippen LogP contribution in [0.15, 0.2) is 34.5 Å². The SMILES string of the molecule is Cc1cccc(SCc2nc(CCCCl)cs2)c1. The van der Waals surface area contributed by atoms with Crippen LogP contribution in [0.2, 0.25) is 0 Å². The monoisotopic (exact) mass is 297 g/mol. The zero-order chi connectivity index (χ0) is 12.8. The molecular weight excluding hydrogens is 282 g/mol. The molecule has 0 unspecified atom stereocenters. The average molecular weight is 298 g/mol.